The van der Waals surface area contributed by atoms with Crippen molar-refractivity contribution >= 4 is 17.8 Å². The summed E-state index contributed by atoms with van der Waals surface area (Å²) in [5, 5.41) is 2.65. The number of unbranched alkanes of at least 4 members (excludes halogenated alkanes) is 1. The van der Waals surface area contributed by atoms with E-state index in [4.69, 9.17) is 9.47 Å². The van der Waals surface area contributed by atoms with E-state index < -0.39 is 23.6 Å². The number of aromatic nitrogens is 1. The van der Waals surface area contributed by atoms with Crippen molar-refractivity contribution in [2.24, 2.45) is 0 Å². The summed E-state index contributed by atoms with van der Waals surface area (Å²) >= 11 is 0. The molecule has 0 radical (unpaired) electrons. The van der Waals surface area contributed by atoms with E-state index >= 15 is 0 Å². The molecule has 1 aromatic heterocycles. The lowest BCUT2D eigenvalue weighted by molar-refractivity contribution is -0.169. The molecule has 168 valence electrons. The van der Waals surface area contributed by atoms with E-state index in [1.807, 2.05) is 18.2 Å². The molecule has 1 N–H and O–H groups in total. The Balaban J connectivity index is 2.19. The number of benzene rings is 1. The fourth-order valence-corrected chi connectivity index (χ4v) is 3.16. The molecule has 1 aromatic carbocycles. The van der Waals surface area contributed by atoms with E-state index in [1.54, 1.807) is 18.2 Å². The molecule has 7 nitrogen and oxygen atoms in total. The van der Waals surface area contributed by atoms with Gasteiger partial charge in [-0.1, -0.05) is 42.3 Å². The molecule has 0 aliphatic heterocycles. The number of carbonyl (C=O) groups is 3. The highest BCUT2D eigenvalue weighted by Crippen LogP contribution is 2.26. The smallest absolute Gasteiger partial charge is 0.305 e. The zero-order chi connectivity index (χ0) is 23.4. The first-order chi connectivity index (χ1) is 15.3. The number of ether oxygens (including phenoxy) is 2. The van der Waals surface area contributed by atoms with Gasteiger partial charge in [0.2, 0.25) is 11.6 Å². The maximum Gasteiger partial charge on any atom is 0.305 e. The number of nitrogens with zero attached hydrogens (tertiary/aromatic N) is 1. The van der Waals surface area contributed by atoms with Gasteiger partial charge in [-0.15, -0.1) is 0 Å². The van der Waals surface area contributed by atoms with Gasteiger partial charge in [0, 0.05) is 33.6 Å². The maximum atomic E-state index is 11.9. The third-order valence-corrected chi connectivity index (χ3v) is 4.44. The van der Waals surface area contributed by atoms with Crippen molar-refractivity contribution in [3.63, 3.8) is 0 Å². The first kappa shape index (κ1) is 24.6. The lowest BCUT2D eigenvalue weighted by Crippen LogP contribution is -2.49. The van der Waals surface area contributed by atoms with Gasteiger partial charge in [0.05, 0.1) is 6.61 Å². The highest BCUT2D eigenvalue weighted by molar-refractivity contribution is 5.75. The van der Waals surface area contributed by atoms with Crippen LogP contribution in [0.3, 0.4) is 0 Å². The van der Waals surface area contributed by atoms with Crippen molar-refractivity contribution in [3.05, 3.63) is 65.5 Å². The van der Waals surface area contributed by atoms with E-state index in [1.165, 1.54) is 26.3 Å². The second-order valence-electron chi connectivity index (χ2n) is 7.24. The molecule has 0 aliphatic rings. The summed E-state index contributed by atoms with van der Waals surface area (Å²) in [6.45, 7) is 3.75. The fraction of sp³-hybridized carbons (Fsp3) is 0.360. The topological polar surface area (TPSA) is 94.6 Å². The summed E-state index contributed by atoms with van der Waals surface area (Å²) in [5.74, 6) is 4.63. The Labute approximate surface area is 188 Å². The fourth-order valence-electron chi connectivity index (χ4n) is 3.16. The number of rotatable bonds is 9. The lowest BCUT2D eigenvalue weighted by Gasteiger charge is -2.33. The van der Waals surface area contributed by atoms with Crippen molar-refractivity contribution in [1.29, 1.82) is 0 Å². The summed E-state index contributed by atoms with van der Waals surface area (Å²) in [6.07, 6.45) is 2.57. The van der Waals surface area contributed by atoms with Crippen LogP contribution in [0.15, 0.2) is 48.5 Å². The summed E-state index contributed by atoms with van der Waals surface area (Å²) in [6, 6.07) is 15.3. The van der Waals surface area contributed by atoms with Gasteiger partial charge < -0.3 is 14.8 Å². The maximum absolute atomic E-state index is 11.9. The van der Waals surface area contributed by atoms with Crippen LogP contribution in [0, 0.1) is 11.8 Å². The Morgan fingerprint density at radius 3 is 2.41 bits per heavy atom. The molecule has 0 aliphatic carbocycles. The van der Waals surface area contributed by atoms with Crippen LogP contribution >= 0.6 is 0 Å². The molecule has 1 heterocycles. The van der Waals surface area contributed by atoms with Crippen LogP contribution in [0.25, 0.3) is 0 Å². The first-order valence-electron chi connectivity index (χ1n) is 10.4. The van der Waals surface area contributed by atoms with Crippen LogP contribution in [0.4, 0.5) is 0 Å². The van der Waals surface area contributed by atoms with Crippen molar-refractivity contribution in [2.75, 3.05) is 6.61 Å². The molecule has 0 saturated heterocycles. The van der Waals surface area contributed by atoms with Crippen molar-refractivity contribution in [3.8, 4) is 11.8 Å². The first-order valence-corrected chi connectivity index (χ1v) is 10.4. The number of hydrogen-bond acceptors (Lipinski definition) is 6. The van der Waals surface area contributed by atoms with Crippen molar-refractivity contribution in [1.82, 2.24) is 10.3 Å². The molecule has 1 atom stereocenters. The summed E-state index contributed by atoms with van der Waals surface area (Å²) in [7, 11) is 0. The van der Waals surface area contributed by atoms with Crippen molar-refractivity contribution in [2.45, 2.75) is 52.2 Å². The molecule has 0 bridgehead atoms. The van der Waals surface area contributed by atoms with E-state index in [9.17, 15) is 14.4 Å². The predicted octanol–water partition coefficient (Wildman–Crippen LogP) is 3.26. The molecule has 2 rings (SSSR count). The van der Waals surface area contributed by atoms with Gasteiger partial charge in [-0.3, -0.25) is 14.4 Å². The molecule has 7 heteroatoms. The molecule has 32 heavy (non-hydrogen) atoms. The van der Waals surface area contributed by atoms with Gasteiger partial charge in [-0.05, 0) is 36.5 Å². The van der Waals surface area contributed by atoms with Gasteiger partial charge in [-0.25, -0.2) is 4.98 Å². The number of carbonyl (C=O) groups excluding carboxylic acids is 3. The lowest BCUT2D eigenvalue weighted by atomic mass is 10.0. The van der Waals surface area contributed by atoms with E-state index in [0.717, 1.165) is 12.8 Å². The Bertz CT molecular complexity index is 976. The number of hydrogen-bond donors (Lipinski definition) is 1. The Morgan fingerprint density at radius 2 is 1.75 bits per heavy atom. The minimum Gasteiger partial charge on any atom is -0.466 e. The van der Waals surface area contributed by atoms with Crippen molar-refractivity contribution < 1.29 is 23.9 Å². The van der Waals surface area contributed by atoms with Gasteiger partial charge in [-0.2, -0.15) is 0 Å². The zero-order valence-electron chi connectivity index (χ0n) is 18.6. The molecular formula is C25H28N2O5. The number of nitrogens with one attached hydrogen (secondary N) is 1. The summed E-state index contributed by atoms with van der Waals surface area (Å²) in [4.78, 5) is 39.4. The molecule has 2 aromatic rings. The quantitative estimate of drug-likeness (QED) is 0.281. The number of amides is 1. The summed E-state index contributed by atoms with van der Waals surface area (Å²) in [5.41, 5.74) is 0.476. The largest absolute Gasteiger partial charge is 0.466 e. The van der Waals surface area contributed by atoms with E-state index in [-0.39, 0.29) is 13.0 Å². The van der Waals surface area contributed by atoms with Crippen LogP contribution in [-0.4, -0.2) is 29.4 Å². The zero-order valence-corrected chi connectivity index (χ0v) is 18.6. The molecule has 0 saturated carbocycles. The second-order valence-corrected chi connectivity index (χ2v) is 7.24. The van der Waals surface area contributed by atoms with Gasteiger partial charge in [0.1, 0.15) is 11.4 Å². The van der Waals surface area contributed by atoms with Crippen LogP contribution < -0.4 is 5.32 Å². The molecular weight excluding hydrogens is 408 g/mol. The minimum atomic E-state index is -1.57. The Morgan fingerprint density at radius 1 is 1.00 bits per heavy atom. The standard InChI is InChI=1S/C25H28N2O5/c1-19(28)27-25(32-21(3)30,17-18-31-20(2)29)24-16-10-15-23(26-24)14-9-5-8-13-22-11-6-4-7-12-22/h4,6-7,10-12,15-16H,5,8,13,17-18H2,1-3H3,(H,27,28). The van der Waals surface area contributed by atoms with Gasteiger partial charge in [0.25, 0.3) is 0 Å². The molecule has 0 spiro atoms. The minimum absolute atomic E-state index is 0.00664. The van der Waals surface area contributed by atoms with E-state index in [0.29, 0.717) is 17.8 Å². The normalized spacial score (nSPS) is 12.0. The molecule has 0 fully saturated rings. The van der Waals surface area contributed by atoms with Crippen LogP contribution in [-0.2, 0) is 36.0 Å². The molecule has 1 unspecified atom stereocenters. The van der Waals surface area contributed by atoms with Gasteiger partial charge >= 0.3 is 11.9 Å². The third kappa shape index (κ3) is 8.23. The Hall–Kier alpha value is -3.66. The number of pyridine rings is 1. The molecule has 1 amide bonds. The summed E-state index contributed by atoms with van der Waals surface area (Å²) < 4.78 is 10.5. The van der Waals surface area contributed by atoms with Crippen LogP contribution in [0.1, 0.15) is 57.0 Å². The Kier molecular flexibility index (Phi) is 9.43. The van der Waals surface area contributed by atoms with Crippen LogP contribution in [0.5, 0.6) is 0 Å². The predicted molar refractivity (Wildman–Crippen MR) is 119 cm³/mol. The average Bonchev–Trinajstić information content (AvgIpc) is 2.73. The van der Waals surface area contributed by atoms with Gasteiger partial charge in [0.15, 0.2) is 0 Å². The monoisotopic (exact) mass is 436 g/mol. The van der Waals surface area contributed by atoms with Crippen LogP contribution in [0.2, 0.25) is 0 Å². The highest BCUT2D eigenvalue weighted by atomic mass is 16.6. The highest BCUT2D eigenvalue weighted by Gasteiger charge is 2.38. The number of esters is 2. The number of aryl methyl sites for hydroxylation is 1. The second kappa shape index (κ2) is 12.3. The third-order valence-electron chi connectivity index (χ3n) is 4.44. The van der Waals surface area contributed by atoms with E-state index in [2.05, 4.69) is 34.3 Å². The SMILES string of the molecule is CC(=O)NC(CCOC(C)=O)(OC(C)=O)c1cccc(C#CCCCc2ccccc2)n1. The average molecular weight is 437 g/mol.